The number of carboxylic acids is 1. The van der Waals surface area contributed by atoms with E-state index in [-0.39, 0.29) is 33.7 Å². The maximum atomic E-state index is 11.2. The Hall–Kier alpha value is -4.14. The smallest absolute Gasteiger partial charge is 0.339 e. The van der Waals surface area contributed by atoms with Gasteiger partial charge >= 0.3 is 11.7 Å². The van der Waals surface area contributed by atoms with E-state index in [1.807, 2.05) is 0 Å². The number of methoxy groups -OCH3 is 1. The first-order chi connectivity index (χ1) is 13.2. The third-order valence-electron chi connectivity index (χ3n) is 4.19. The highest BCUT2D eigenvalue weighted by Gasteiger charge is 2.22. The molecule has 0 atom stereocenters. The van der Waals surface area contributed by atoms with Crippen molar-refractivity contribution < 1.29 is 29.8 Å². The van der Waals surface area contributed by atoms with E-state index in [1.54, 1.807) is 12.1 Å². The number of pyridine rings is 1. The molecular weight excluding hydrogens is 368 g/mol. The highest BCUT2D eigenvalue weighted by Crippen LogP contribution is 2.39. The predicted molar refractivity (Wildman–Crippen MR) is 99.8 cm³/mol. The molecule has 3 rings (SSSR count). The van der Waals surface area contributed by atoms with Crippen LogP contribution in [0.2, 0.25) is 0 Å². The van der Waals surface area contributed by atoms with Crippen LogP contribution in [0.15, 0.2) is 43.0 Å². The highest BCUT2D eigenvalue weighted by molar-refractivity contribution is 5.99. The van der Waals surface area contributed by atoms with Gasteiger partial charge < -0.3 is 20.1 Å². The third-order valence-corrected chi connectivity index (χ3v) is 4.19. The zero-order valence-electron chi connectivity index (χ0n) is 14.5. The summed E-state index contributed by atoms with van der Waals surface area (Å²) in [6.07, 6.45) is 0. The van der Waals surface area contributed by atoms with Gasteiger partial charge in [0.15, 0.2) is 11.5 Å². The number of aromatic hydroxyl groups is 2. The first-order valence-corrected chi connectivity index (χ1v) is 7.85. The first-order valence-electron chi connectivity index (χ1n) is 7.85. The van der Waals surface area contributed by atoms with Gasteiger partial charge in [0.2, 0.25) is 5.75 Å². The molecule has 0 bridgehead atoms. The Bertz CT molecular complexity index is 1150. The van der Waals surface area contributed by atoms with Crippen LogP contribution in [-0.2, 0) is 0 Å². The molecule has 0 saturated heterocycles. The lowest BCUT2D eigenvalue weighted by atomic mass is 10.0. The number of nitro groups is 1. The Morgan fingerprint density at radius 1 is 1.18 bits per heavy atom. The van der Waals surface area contributed by atoms with Crippen LogP contribution in [0.25, 0.3) is 16.5 Å². The minimum absolute atomic E-state index is 0.0544. The van der Waals surface area contributed by atoms with E-state index >= 15 is 0 Å². The molecule has 3 aromatic rings. The summed E-state index contributed by atoms with van der Waals surface area (Å²) in [4.78, 5) is 25.9. The summed E-state index contributed by atoms with van der Waals surface area (Å²) in [6.45, 7) is 3.87. The molecule has 0 aliphatic rings. The lowest BCUT2D eigenvalue weighted by molar-refractivity contribution is -0.386. The number of hydrogen-bond donors (Lipinski definition) is 3. The quantitative estimate of drug-likeness (QED) is 0.450. The number of phenols is 2. The second-order valence-electron chi connectivity index (χ2n) is 5.82. The number of carboxylic acid groups (broad SMARTS) is 1. The molecule has 0 saturated carbocycles. The molecule has 1 heterocycles. The molecular formula is C19H14N2O7. The number of rotatable bonds is 5. The number of nitro benzene ring substituents is 1. The van der Waals surface area contributed by atoms with Crippen molar-refractivity contribution >= 4 is 28.1 Å². The van der Waals surface area contributed by atoms with Gasteiger partial charge in [0.25, 0.3) is 0 Å². The average molecular weight is 382 g/mol. The maximum Gasteiger partial charge on any atom is 0.339 e. The average Bonchev–Trinajstić information content (AvgIpc) is 2.67. The molecule has 0 unspecified atom stereocenters. The first kappa shape index (κ1) is 18.6. The van der Waals surface area contributed by atoms with Crippen molar-refractivity contribution in [3.8, 4) is 17.2 Å². The van der Waals surface area contributed by atoms with Crippen LogP contribution in [0.5, 0.6) is 17.2 Å². The Kier molecular flexibility index (Phi) is 4.58. The monoisotopic (exact) mass is 382 g/mol. The van der Waals surface area contributed by atoms with Gasteiger partial charge in [-0.1, -0.05) is 18.7 Å². The number of aromatic carboxylic acids is 1. The van der Waals surface area contributed by atoms with Gasteiger partial charge in [-0.3, -0.25) is 10.1 Å². The number of carbonyl (C=O) groups is 1. The van der Waals surface area contributed by atoms with Gasteiger partial charge in [-0.25, -0.2) is 9.78 Å². The van der Waals surface area contributed by atoms with Crippen molar-refractivity contribution in [2.75, 3.05) is 7.11 Å². The summed E-state index contributed by atoms with van der Waals surface area (Å²) in [5.41, 5.74) is -0.0336. The second kappa shape index (κ2) is 6.88. The van der Waals surface area contributed by atoms with E-state index in [1.165, 1.54) is 25.3 Å². The number of hydrogen-bond acceptors (Lipinski definition) is 7. The molecule has 0 fully saturated rings. The molecule has 1 aromatic heterocycles. The van der Waals surface area contributed by atoms with E-state index < -0.39 is 28.1 Å². The second-order valence-corrected chi connectivity index (χ2v) is 5.82. The minimum Gasteiger partial charge on any atom is -0.505 e. The van der Waals surface area contributed by atoms with E-state index in [9.17, 15) is 25.1 Å². The summed E-state index contributed by atoms with van der Waals surface area (Å²) < 4.78 is 4.97. The molecule has 3 N–H and O–H groups in total. The van der Waals surface area contributed by atoms with E-state index in [0.29, 0.717) is 5.39 Å². The van der Waals surface area contributed by atoms with Crippen LogP contribution in [-0.4, -0.2) is 38.3 Å². The molecule has 142 valence electrons. The lowest BCUT2D eigenvalue weighted by Gasteiger charge is -2.11. The van der Waals surface area contributed by atoms with E-state index in [0.717, 1.165) is 6.07 Å². The fourth-order valence-electron chi connectivity index (χ4n) is 2.72. The van der Waals surface area contributed by atoms with Gasteiger partial charge in [-0.2, -0.15) is 0 Å². The molecule has 0 spiro atoms. The molecule has 0 amide bonds. The largest absolute Gasteiger partial charge is 0.505 e. The molecule has 2 aromatic carbocycles. The van der Waals surface area contributed by atoms with Gasteiger partial charge in [-0.15, -0.1) is 0 Å². The van der Waals surface area contributed by atoms with E-state index in [2.05, 4.69) is 11.6 Å². The van der Waals surface area contributed by atoms with Crippen molar-refractivity contribution in [3.63, 3.8) is 0 Å². The van der Waals surface area contributed by atoms with E-state index in [4.69, 9.17) is 9.84 Å². The van der Waals surface area contributed by atoms with Gasteiger partial charge in [-0.05, 0) is 23.8 Å². The summed E-state index contributed by atoms with van der Waals surface area (Å²) in [5, 5.41) is 40.9. The molecule has 9 heteroatoms. The normalized spacial score (nSPS) is 10.6. The SMILES string of the molecule is C=C(c1cc(OC)c(O)c([N+](=O)[O-])c1)c1ccc2ccc(C(=O)O)c(O)c2n1. The summed E-state index contributed by atoms with van der Waals surface area (Å²) in [5.74, 6) is -2.51. The topological polar surface area (TPSA) is 143 Å². The Labute approximate surface area is 157 Å². The predicted octanol–water partition coefficient (Wildman–Crippen LogP) is 3.32. The van der Waals surface area contributed by atoms with Crippen LogP contribution in [0.1, 0.15) is 21.6 Å². The van der Waals surface area contributed by atoms with Crippen LogP contribution in [0.3, 0.4) is 0 Å². The van der Waals surface area contributed by atoms with Gasteiger partial charge in [0.05, 0.1) is 17.7 Å². The summed E-state index contributed by atoms with van der Waals surface area (Å²) in [7, 11) is 1.26. The molecule has 0 aliphatic heterocycles. The molecule has 0 radical (unpaired) electrons. The van der Waals surface area contributed by atoms with Crippen molar-refractivity contribution in [1.82, 2.24) is 4.98 Å². The van der Waals surface area contributed by atoms with Crippen molar-refractivity contribution in [3.05, 3.63) is 69.9 Å². The highest BCUT2D eigenvalue weighted by atomic mass is 16.6. The lowest BCUT2D eigenvalue weighted by Crippen LogP contribution is -1.99. The molecule has 0 aliphatic carbocycles. The maximum absolute atomic E-state index is 11.2. The number of nitrogens with zero attached hydrogens (tertiary/aromatic N) is 2. The zero-order chi connectivity index (χ0) is 20.6. The number of ether oxygens (including phenoxy) is 1. The molecule has 9 nitrogen and oxygen atoms in total. The zero-order valence-corrected chi connectivity index (χ0v) is 14.5. The van der Waals surface area contributed by atoms with Crippen LogP contribution in [0, 0.1) is 10.1 Å². The number of phenolic OH excluding ortho intramolecular Hbond substituents is 1. The number of fused-ring (bicyclic) bond motifs is 1. The Morgan fingerprint density at radius 3 is 2.46 bits per heavy atom. The third kappa shape index (κ3) is 3.05. The number of benzene rings is 2. The van der Waals surface area contributed by atoms with Crippen LogP contribution >= 0.6 is 0 Å². The fourth-order valence-corrected chi connectivity index (χ4v) is 2.72. The van der Waals surface area contributed by atoms with Crippen LogP contribution in [0.4, 0.5) is 5.69 Å². The standard InChI is InChI=1S/C19H14N2O7/c1-9(11-7-14(21(26)27)18(23)15(8-11)28-2)13-6-4-10-3-5-12(19(24)25)17(22)16(10)20-13/h3-8,22-23H,1H2,2H3,(H,24,25). The number of aromatic nitrogens is 1. The van der Waals surface area contributed by atoms with Crippen molar-refractivity contribution in [1.29, 1.82) is 0 Å². The van der Waals surface area contributed by atoms with Crippen molar-refractivity contribution in [2.45, 2.75) is 0 Å². The van der Waals surface area contributed by atoms with Crippen molar-refractivity contribution in [2.24, 2.45) is 0 Å². The van der Waals surface area contributed by atoms with Crippen LogP contribution < -0.4 is 4.74 Å². The fraction of sp³-hybridized carbons (Fsp3) is 0.0526. The molecule has 28 heavy (non-hydrogen) atoms. The Morgan fingerprint density at radius 2 is 1.86 bits per heavy atom. The van der Waals surface area contributed by atoms with Gasteiger partial charge in [0.1, 0.15) is 11.1 Å². The Balaban J connectivity index is 2.16. The summed E-state index contributed by atoms with van der Waals surface area (Å²) >= 11 is 0. The van der Waals surface area contributed by atoms with Gasteiger partial charge in [0, 0.05) is 17.0 Å². The summed E-state index contributed by atoms with van der Waals surface area (Å²) in [6, 6.07) is 8.45. The minimum atomic E-state index is -1.30.